The lowest BCUT2D eigenvalue weighted by molar-refractivity contribution is 0.101. The molecule has 1 aromatic carbocycles. The summed E-state index contributed by atoms with van der Waals surface area (Å²) in [5.74, 6) is 0.828. The summed E-state index contributed by atoms with van der Waals surface area (Å²) in [6.45, 7) is 3.62. The Bertz CT molecular complexity index is 578. The first-order valence-corrected chi connectivity index (χ1v) is 5.86. The molecule has 0 radical (unpaired) electrons. The predicted molar refractivity (Wildman–Crippen MR) is 73.5 cm³/mol. The molecule has 0 aliphatic rings. The van der Waals surface area contributed by atoms with E-state index < -0.39 is 0 Å². The van der Waals surface area contributed by atoms with E-state index in [1.807, 2.05) is 36.2 Å². The lowest BCUT2D eigenvalue weighted by Gasteiger charge is -2.20. The minimum absolute atomic E-state index is 0.0526. The molecule has 0 amide bonds. The Labute approximate surface area is 107 Å². The van der Waals surface area contributed by atoms with Crippen LogP contribution in [-0.4, -0.2) is 17.8 Å². The van der Waals surface area contributed by atoms with Gasteiger partial charge >= 0.3 is 0 Å². The fourth-order valence-electron chi connectivity index (χ4n) is 1.88. The number of hydrogen-bond donors (Lipinski definition) is 0. The number of nitrogens with zero attached hydrogens (tertiary/aromatic N) is 2. The smallest absolute Gasteiger partial charge is 0.159 e. The van der Waals surface area contributed by atoms with Gasteiger partial charge in [-0.2, -0.15) is 0 Å². The highest BCUT2D eigenvalue weighted by atomic mass is 16.1. The molecule has 0 fully saturated rings. The molecule has 3 nitrogen and oxygen atoms in total. The highest BCUT2D eigenvalue weighted by Gasteiger charge is 2.09. The molecule has 1 aromatic heterocycles. The van der Waals surface area contributed by atoms with Gasteiger partial charge in [0.2, 0.25) is 0 Å². The molecule has 0 saturated carbocycles. The molecule has 0 aliphatic heterocycles. The standard InChI is InChI=1S/C15H16N2O/c1-11-6-4-5-7-14(11)17(3)15-10-13(12(2)18)8-9-16-15/h4-10H,1-3H3. The average Bonchev–Trinajstić information content (AvgIpc) is 2.38. The van der Waals surface area contributed by atoms with Crippen molar-refractivity contribution in [3.05, 3.63) is 53.7 Å². The number of para-hydroxylation sites is 1. The maximum Gasteiger partial charge on any atom is 0.159 e. The van der Waals surface area contributed by atoms with Crippen molar-refractivity contribution in [2.75, 3.05) is 11.9 Å². The number of anilines is 2. The van der Waals surface area contributed by atoms with Crippen molar-refractivity contribution in [3.8, 4) is 0 Å². The van der Waals surface area contributed by atoms with E-state index in [-0.39, 0.29) is 5.78 Å². The van der Waals surface area contributed by atoms with E-state index >= 15 is 0 Å². The molecule has 2 aromatic rings. The number of Topliss-reactive ketones (excluding diaryl/α,β-unsaturated/α-hetero) is 1. The summed E-state index contributed by atoms with van der Waals surface area (Å²) in [5.41, 5.74) is 2.95. The lowest BCUT2D eigenvalue weighted by Crippen LogP contribution is -2.13. The van der Waals surface area contributed by atoms with Crippen LogP contribution in [0.5, 0.6) is 0 Å². The Kier molecular flexibility index (Phi) is 3.42. The maximum absolute atomic E-state index is 11.4. The second-order valence-electron chi connectivity index (χ2n) is 4.30. The molecule has 0 atom stereocenters. The Morgan fingerprint density at radius 3 is 2.61 bits per heavy atom. The van der Waals surface area contributed by atoms with Gasteiger partial charge in [0, 0.05) is 24.5 Å². The van der Waals surface area contributed by atoms with Crippen LogP contribution in [0.3, 0.4) is 0 Å². The molecule has 0 N–H and O–H groups in total. The van der Waals surface area contributed by atoms with Gasteiger partial charge in [0.25, 0.3) is 0 Å². The molecule has 3 heteroatoms. The van der Waals surface area contributed by atoms with Gasteiger partial charge in [-0.1, -0.05) is 18.2 Å². The summed E-state index contributed by atoms with van der Waals surface area (Å²) in [7, 11) is 1.95. The number of aromatic nitrogens is 1. The third-order valence-corrected chi connectivity index (χ3v) is 2.97. The molecule has 0 bridgehead atoms. The lowest BCUT2D eigenvalue weighted by atomic mass is 10.1. The number of ketones is 1. The Hall–Kier alpha value is -2.16. The summed E-state index contributed by atoms with van der Waals surface area (Å²) < 4.78 is 0. The van der Waals surface area contributed by atoms with Gasteiger partial charge in [-0.05, 0) is 37.6 Å². The van der Waals surface area contributed by atoms with E-state index in [1.165, 1.54) is 5.56 Å². The number of pyridine rings is 1. The third kappa shape index (κ3) is 2.40. The summed E-state index contributed by atoms with van der Waals surface area (Å²) >= 11 is 0. The van der Waals surface area contributed by atoms with Crippen LogP contribution >= 0.6 is 0 Å². The fraction of sp³-hybridized carbons (Fsp3) is 0.200. The predicted octanol–water partition coefficient (Wildman–Crippen LogP) is 3.36. The second-order valence-corrected chi connectivity index (χ2v) is 4.30. The second kappa shape index (κ2) is 5.00. The molecule has 0 aliphatic carbocycles. The van der Waals surface area contributed by atoms with Crippen LogP contribution in [0.2, 0.25) is 0 Å². The Balaban J connectivity index is 2.40. The van der Waals surface area contributed by atoms with Gasteiger partial charge < -0.3 is 4.90 Å². The molecule has 0 unspecified atom stereocenters. The average molecular weight is 240 g/mol. The summed E-state index contributed by atoms with van der Waals surface area (Å²) in [5, 5.41) is 0. The van der Waals surface area contributed by atoms with E-state index in [4.69, 9.17) is 0 Å². The van der Waals surface area contributed by atoms with Crippen molar-refractivity contribution in [1.82, 2.24) is 4.98 Å². The minimum Gasteiger partial charge on any atom is -0.329 e. The van der Waals surface area contributed by atoms with Gasteiger partial charge in [0.05, 0.1) is 0 Å². The van der Waals surface area contributed by atoms with Crippen LogP contribution in [0.4, 0.5) is 11.5 Å². The van der Waals surface area contributed by atoms with Crippen molar-refractivity contribution in [3.63, 3.8) is 0 Å². The minimum atomic E-state index is 0.0526. The molecular weight excluding hydrogens is 224 g/mol. The highest BCUT2D eigenvalue weighted by Crippen LogP contribution is 2.25. The SMILES string of the molecule is CC(=O)c1ccnc(N(C)c2ccccc2C)c1. The topological polar surface area (TPSA) is 33.2 Å². The molecule has 0 spiro atoms. The van der Waals surface area contributed by atoms with Crippen LogP contribution in [0.1, 0.15) is 22.8 Å². The maximum atomic E-state index is 11.4. The van der Waals surface area contributed by atoms with Gasteiger partial charge in [-0.15, -0.1) is 0 Å². The molecule has 0 saturated heterocycles. The van der Waals surface area contributed by atoms with Gasteiger partial charge in [0.15, 0.2) is 5.78 Å². The Morgan fingerprint density at radius 1 is 1.22 bits per heavy atom. The van der Waals surface area contributed by atoms with Crippen molar-refractivity contribution in [2.45, 2.75) is 13.8 Å². The molecular formula is C15H16N2O. The van der Waals surface area contributed by atoms with Crippen molar-refractivity contribution in [1.29, 1.82) is 0 Å². The molecule has 2 rings (SSSR count). The Morgan fingerprint density at radius 2 is 1.94 bits per heavy atom. The normalized spacial score (nSPS) is 10.2. The quantitative estimate of drug-likeness (QED) is 0.771. The van der Waals surface area contributed by atoms with Crippen molar-refractivity contribution < 1.29 is 4.79 Å². The van der Waals surface area contributed by atoms with E-state index in [0.717, 1.165) is 11.5 Å². The van der Waals surface area contributed by atoms with Crippen molar-refractivity contribution in [2.24, 2.45) is 0 Å². The van der Waals surface area contributed by atoms with E-state index in [2.05, 4.69) is 18.0 Å². The monoisotopic (exact) mass is 240 g/mol. The van der Waals surface area contributed by atoms with Gasteiger partial charge in [-0.25, -0.2) is 4.98 Å². The first-order valence-electron chi connectivity index (χ1n) is 5.86. The summed E-state index contributed by atoms with van der Waals surface area (Å²) in [4.78, 5) is 17.7. The number of carbonyl (C=O) groups is 1. The largest absolute Gasteiger partial charge is 0.329 e. The zero-order valence-electron chi connectivity index (χ0n) is 10.8. The number of aryl methyl sites for hydroxylation is 1. The van der Waals surface area contributed by atoms with Crippen molar-refractivity contribution >= 4 is 17.3 Å². The van der Waals surface area contributed by atoms with E-state index in [9.17, 15) is 4.79 Å². The number of benzene rings is 1. The van der Waals surface area contributed by atoms with E-state index in [1.54, 1.807) is 19.2 Å². The summed E-state index contributed by atoms with van der Waals surface area (Å²) in [6.07, 6.45) is 1.67. The fourth-order valence-corrected chi connectivity index (χ4v) is 1.88. The van der Waals surface area contributed by atoms with Crippen LogP contribution in [0.25, 0.3) is 0 Å². The number of rotatable bonds is 3. The molecule has 1 heterocycles. The van der Waals surface area contributed by atoms with E-state index in [0.29, 0.717) is 5.56 Å². The van der Waals surface area contributed by atoms with Crippen LogP contribution in [0, 0.1) is 6.92 Å². The van der Waals surface area contributed by atoms with Crippen LogP contribution in [-0.2, 0) is 0 Å². The first-order chi connectivity index (χ1) is 8.59. The third-order valence-electron chi connectivity index (χ3n) is 2.97. The number of carbonyl (C=O) groups excluding carboxylic acids is 1. The van der Waals surface area contributed by atoms with Gasteiger partial charge in [-0.3, -0.25) is 4.79 Å². The molecule has 18 heavy (non-hydrogen) atoms. The summed E-state index contributed by atoms with van der Waals surface area (Å²) in [6, 6.07) is 11.6. The zero-order valence-corrected chi connectivity index (χ0v) is 10.8. The van der Waals surface area contributed by atoms with Gasteiger partial charge in [0.1, 0.15) is 5.82 Å². The van der Waals surface area contributed by atoms with Crippen LogP contribution < -0.4 is 4.90 Å². The highest BCUT2D eigenvalue weighted by molar-refractivity contribution is 5.94. The zero-order chi connectivity index (χ0) is 13.1. The number of hydrogen-bond acceptors (Lipinski definition) is 3. The first kappa shape index (κ1) is 12.3. The van der Waals surface area contributed by atoms with Crippen LogP contribution in [0.15, 0.2) is 42.6 Å². The molecule has 92 valence electrons.